The van der Waals surface area contributed by atoms with Gasteiger partial charge in [-0.15, -0.1) is 0 Å². The van der Waals surface area contributed by atoms with Crippen molar-refractivity contribution in [1.82, 2.24) is 9.97 Å². The second kappa shape index (κ2) is 4.63. The fraction of sp³-hybridized carbons (Fsp3) is 0.556. The lowest BCUT2D eigenvalue weighted by atomic mass is 10.2. The summed E-state index contributed by atoms with van der Waals surface area (Å²) < 4.78 is 6.33. The lowest BCUT2D eigenvalue weighted by Gasteiger charge is -2.39. The van der Waals surface area contributed by atoms with E-state index in [1.54, 1.807) is 6.20 Å². The van der Waals surface area contributed by atoms with Crippen molar-refractivity contribution in [2.24, 2.45) is 0 Å². The topological polar surface area (TPSA) is 38.2 Å². The molecule has 1 aliphatic rings. The van der Waals surface area contributed by atoms with E-state index in [9.17, 15) is 0 Å². The van der Waals surface area contributed by atoms with E-state index in [0.29, 0.717) is 6.10 Å². The lowest BCUT2D eigenvalue weighted by Crippen LogP contribution is -2.52. The number of aromatic nitrogens is 2. The fourth-order valence-electron chi connectivity index (χ4n) is 1.51. The van der Waals surface area contributed by atoms with E-state index in [1.807, 2.05) is 6.92 Å². The molecule has 1 fully saturated rings. The van der Waals surface area contributed by atoms with Crippen LogP contribution in [0.4, 0.5) is 5.82 Å². The van der Waals surface area contributed by atoms with E-state index in [2.05, 4.69) is 30.8 Å². The quantitative estimate of drug-likeness (QED) is 0.800. The van der Waals surface area contributed by atoms with Gasteiger partial charge >= 0.3 is 0 Å². The highest BCUT2D eigenvalue weighted by atomic mass is 79.9. The van der Waals surface area contributed by atoms with Gasteiger partial charge in [0.05, 0.1) is 10.6 Å². The molecule has 82 valence electrons. The molecule has 0 radical (unpaired) electrons. The van der Waals surface area contributed by atoms with Gasteiger partial charge < -0.3 is 9.64 Å². The van der Waals surface area contributed by atoms with Crippen LogP contribution in [-0.4, -0.2) is 35.8 Å². The van der Waals surface area contributed by atoms with E-state index < -0.39 is 0 Å². The Morgan fingerprint density at radius 1 is 1.67 bits per heavy atom. The highest BCUT2D eigenvalue weighted by Crippen LogP contribution is 2.28. The van der Waals surface area contributed by atoms with Gasteiger partial charge in [-0.1, -0.05) is 0 Å². The predicted molar refractivity (Wildman–Crippen MR) is 62.4 cm³/mol. The predicted octanol–water partition coefficient (Wildman–Crippen LogP) is 2.12. The van der Waals surface area contributed by atoms with Gasteiger partial charge in [0, 0.05) is 25.9 Å². The molecule has 0 saturated carbocycles. The first kappa shape index (κ1) is 11.1. The first-order chi connectivity index (χ1) is 7.20. The Balaban J connectivity index is 2.03. The number of anilines is 1. The van der Waals surface area contributed by atoms with Gasteiger partial charge in [0.25, 0.3) is 0 Å². The van der Waals surface area contributed by atoms with Crippen molar-refractivity contribution in [3.63, 3.8) is 0 Å². The van der Waals surface area contributed by atoms with E-state index >= 15 is 0 Å². The maximum atomic E-state index is 5.74. The minimum Gasteiger partial charge on any atom is -0.375 e. The van der Waals surface area contributed by atoms with Crippen molar-refractivity contribution in [3.05, 3.63) is 16.0 Å². The average Bonchev–Trinajstić information content (AvgIpc) is 2.15. The minimum atomic E-state index is 0.271. The molecule has 0 N–H and O–H groups in total. The SMILES string of the molecule is CCOC1CN(c2nc(Cl)ncc2Br)C1. The van der Waals surface area contributed by atoms with Gasteiger partial charge in [-0.05, 0) is 34.5 Å². The van der Waals surface area contributed by atoms with Gasteiger partial charge in [-0.25, -0.2) is 4.98 Å². The molecule has 0 unspecified atom stereocenters. The fourth-order valence-corrected chi connectivity index (χ4v) is 2.08. The van der Waals surface area contributed by atoms with Crippen LogP contribution in [0.2, 0.25) is 5.28 Å². The second-order valence-electron chi connectivity index (χ2n) is 3.29. The lowest BCUT2D eigenvalue weighted by molar-refractivity contribution is 0.0426. The molecule has 0 amide bonds. The second-order valence-corrected chi connectivity index (χ2v) is 4.49. The zero-order valence-corrected chi connectivity index (χ0v) is 10.6. The molecule has 15 heavy (non-hydrogen) atoms. The first-order valence-electron chi connectivity index (χ1n) is 4.75. The summed E-state index contributed by atoms with van der Waals surface area (Å²) in [5.74, 6) is 0.839. The Kier molecular flexibility index (Phi) is 3.43. The summed E-state index contributed by atoms with van der Waals surface area (Å²) in [5, 5.41) is 0.271. The van der Waals surface area contributed by atoms with Crippen molar-refractivity contribution < 1.29 is 4.74 Å². The zero-order valence-electron chi connectivity index (χ0n) is 8.28. The molecule has 1 aromatic heterocycles. The largest absolute Gasteiger partial charge is 0.375 e. The highest BCUT2D eigenvalue weighted by molar-refractivity contribution is 9.10. The Morgan fingerprint density at radius 2 is 2.40 bits per heavy atom. The minimum absolute atomic E-state index is 0.271. The van der Waals surface area contributed by atoms with E-state index in [4.69, 9.17) is 16.3 Å². The van der Waals surface area contributed by atoms with Crippen molar-refractivity contribution in [2.45, 2.75) is 13.0 Å². The smallest absolute Gasteiger partial charge is 0.224 e. The standard InChI is InChI=1S/C9H11BrClN3O/c1-2-15-6-4-14(5-6)8-7(10)3-12-9(11)13-8/h3,6H,2,4-5H2,1H3. The summed E-state index contributed by atoms with van der Waals surface area (Å²) in [6.45, 7) is 4.48. The van der Waals surface area contributed by atoms with Crippen LogP contribution in [0.25, 0.3) is 0 Å². The van der Waals surface area contributed by atoms with Crippen molar-refractivity contribution in [2.75, 3.05) is 24.6 Å². The number of nitrogens with zero attached hydrogens (tertiary/aromatic N) is 3. The van der Waals surface area contributed by atoms with E-state index in [-0.39, 0.29) is 5.28 Å². The molecule has 0 atom stereocenters. The van der Waals surface area contributed by atoms with Crippen molar-refractivity contribution >= 4 is 33.3 Å². The Morgan fingerprint density at radius 3 is 3.07 bits per heavy atom. The van der Waals surface area contributed by atoms with Crippen LogP contribution in [-0.2, 0) is 4.74 Å². The Labute approximate surface area is 102 Å². The molecule has 2 heterocycles. The normalized spacial score (nSPS) is 16.6. The average molecular weight is 293 g/mol. The van der Waals surface area contributed by atoms with Crippen molar-refractivity contribution in [3.8, 4) is 0 Å². The van der Waals surface area contributed by atoms with Crippen LogP contribution in [0.3, 0.4) is 0 Å². The molecule has 4 nitrogen and oxygen atoms in total. The third-order valence-corrected chi connectivity index (χ3v) is 2.99. The third kappa shape index (κ3) is 2.41. The van der Waals surface area contributed by atoms with Crippen LogP contribution in [0.1, 0.15) is 6.92 Å². The Bertz CT molecular complexity index is 357. The number of hydrogen-bond donors (Lipinski definition) is 0. The molecule has 0 aliphatic carbocycles. The number of rotatable bonds is 3. The van der Waals surface area contributed by atoms with Crippen LogP contribution in [0.15, 0.2) is 10.7 Å². The van der Waals surface area contributed by atoms with Crippen LogP contribution in [0, 0.1) is 0 Å². The molecular weight excluding hydrogens is 281 g/mol. The summed E-state index contributed by atoms with van der Waals surface area (Å²) in [6, 6.07) is 0. The zero-order chi connectivity index (χ0) is 10.8. The summed E-state index contributed by atoms with van der Waals surface area (Å²) in [6.07, 6.45) is 1.98. The molecule has 2 rings (SSSR count). The summed E-state index contributed by atoms with van der Waals surface area (Å²) >= 11 is 9.14. The molecule has 1 aromatic rings. The molecule has 0 bridgehead atoms. The summed E-state index contributed by atoms with van der Waals surface area (Å²) in [4.78, 5) is 10.2. The van der Waals surface area contributed by atoms with E-state index in [1.165, 1.54) is 0 Å². The van der Waals surface area contributed by atoms with Gasteiger partial charge in [-0.2, -0.15) is 4.98 Å². The molecule has 1 aliphatic heterocycles. The van der Waals surface area contributed by atoms with Gasteiger partial charge in [0.1, 0.15) is 5.82 Å². The first-order valence-corrected chi connectivity index (χ1v) is 5.92. The molecule has 0 aromatic carbocycles. The van der Waals surface area contributed by atoms with Crippen molar-refractivity contribution in [1.29, 1.82) is 0 Å². The maximum Gasteiger partial charge on any atom is 0.224 e. The molecule has 0 spiro atoms. The number of hydrogen-bond acceptors (Lipinski definition) is 4. The monoisotopic (exact) mass is 291 g/mol. The summed E-state index contributed by atoms with van der Waals surface area (Å²) in [7, 11) is 0. The maximum absolute atomic E-state index is 5.74. The molecule has 6 heteroatoms. The Hall–Kier alpha value is -0.390. The molecule has 1 saturated heterocycles. The number of ether oxygens (including phenoxy) is 1. The van der Waals surface area contributed by atoms with Crippen LogP contribution < -0.4 is 4.90 Å². The van der Waals surface area contributed by atoms with Gasteiger partial charge in [-0.3, -0.25) is 0 Å². The van der Waals surface area contributed by atoms with Crippen LogP contribution in [0.5, 0.6) is 0 Å². The van der Waals surface area contributed by atoms with E-state index in [0.717, 1.165) is 30.0 Å². The summed E-state index contributed by atoms with van der Waals surface area (Å²) in [5.41, 5.74) is 0. The van der Waals surface area contributed by atoms with Gasteiger partial charge in [0.2, 0.25) is 5.28 Å². The van der Waals surface area contributed by atoms with Gasteiger partial charge in [0.15, 0.2) is 0 Å². The molecular formula is C9H11BrClN3O. The number of halogens is 2. The third-order valence-electron chi connectivity index (χ3n) is 2.25. The van der Waals surface area contributed by atoms with Crippen LogP contribution >= 0.6 is 27.5 Å². The highest BCUT2D eigenvalue weighted by Gasteiger charge is 2.29.